The SMILES string of the molecule is CC(C)CC(NC(=O)CNC(=O)C(CCCCN)NC(=O)C(N)CCCCN)C(=O)O. The lowest BCUT2D eigenvalue weighted by Gasteiger charge is -2.21. The molecule has 0 fully saturated rings. The number of hydrogen-bond acceptors (Lipinski definition) is 7. The fourth-order valence-electron chi connectivity index (χ4n) is 2.91. The van der Waals surface area contributed by atoms with Crippen molar-refractivity contribution in [3.05, 3.63) is 0 Å². The van der Waals surface area contributed by atoms with Crippen LogP contribution in [-0.2, 0) is 19.2 Å². The van der Waals surface area contributed by atoms with Gasteiger partial charge in [0.05, 0.1) is 12.6 Å². The Morgan fingerprint density at radius 1 is 0.839 bits per heavy atom. The molecule has 11 nitrogen and oxygen atoms in total. The fourth-order valence-corrected chi connectivity index (χ4v) is 2.91. The van der Waals surface area contributed by atoms with Crippen LogP contribution >= 0.6 is 0 Å². The number of unbranched alkanes of at least 4 members (excludes halogenated alkanes) is 2. The zero-order valence-electron chi connectivity index (χ0n) is 18.7. The molecule has 3 unspecified atom stereocenters. The first-order chi connectivity index (χ1) is 14.6. The summed E-state index contributed by atoms with van der Waals surface area (Å²) >= 11 is 0. The monoisotopic (exact) mass is 444 g/mol. The van der Waals surface area contributed by atoms with E-state index in [9.17, 15) is 24.3 Å². The number of carbonyl (C=O) groups is 4. The second kappa shape index (κ2) is 16.5. The summed E-state index contributed by atoms with van der Waals surface area (Å²) in [4.78, 5) is 48.2. The molecule has 10 N–H and O–H groups in total. The van der Waals surface area contributed by atoms with Gasteiger partial charge in [-0.3, -0.25) is 14.4 Å². The molecule has 0 bridgehead atoms. The van der Waals surface area contributed by atoms with Crippen LogP contribution in [0.2, 0.25) is 0 Å². The van der Waals surface area contributed by atoms with Crippen LogP contribution in [0.3, 0.4) is 0 Å². The quantitative estimate of drug-likeness (QED) is 0.135. The van der Waals surface area contributed by atoms with Crippen LogP contribution < -0.4 is 33.2 Å². The van der Waals surface area contributed by atoms with Crippen molar-refractivity contribution in [2.75, 3.05) is 19.6 Å². The standard InChI is InChI=1S/C20H40N6O5/c1-13(2)11-16(20(30)31)25-17(27)12-24-19(29)15(8-4-6-10-22)26-18(28)14(23)7-3-5-9-21/h13-16H,3-12,21-23H2,1-2H3,(H,24,29)(H,25,27)(H,26,28)(H,30,31). The summed E-state index contributed by atoms with van der Waals surface area (Å²) in [5.41, 5.74) is 16.8. The number of hydrogen-bond donors (Lipinski definition) is 7. The van der Waals surface area contributed by atoms with Gasteiger partial charge in [-0.1, -0.05) is 20.3 Å². The summed E-state index contributed by atoms with van der Waals surface area (Å²) in [6.07, 6.45) is 3.82. The molecule has 0 heterocycles. The number of aliphatic carboxylic acids is 1. The van der Waals surface area contributed by atoms with Crippen LogP contribution in [0.1, 0.15) is 58.8 Å². The van der Waals surface area contributed by atoms with Crippen molar-refractivity contribution in [1.82, 2.24) is 16.0 Å². The van der Waals surface area contributed by atoms with E-state index in [0.29, 0.717) is 45.2 Å². The molecule has 3 amide bonds. The molecule has 0 saturated heterocycles. The molecular formula is C20H40N6O5. The minimum absolute atomic E-state index is 0.0761. The van der Waals surface area contributed by atoms with E-state index in [2.05, 4.69) is 16.0 Å². The molecule has 3 atom stereocenters. The fraction of sp³-hybridized carbons (Fsp3) is 0.800. The molecular weight excluding hydrogens is 404 g/mol. The van der Waals surface area contributed by atoms with Crippen LogP contribution in [0, 0.1) is 5.92 Å². The molecule has 0 spiro atoms. The average molecular weight is 445 g/mol. The maximum atomic E-state index is 12.5. The predicted molar refractivity (Wildman–Crippen MR) is 118 cm³/mol. The van der Waals surface area contributed by atoms with Gasteiger partial charge in [0, 0.05) is 0 Å². The lowest BCUT2D eigenvalue weighted by Crippen LogP contribution is -2.53. The van der Waals surface area contributed by atoms with Gasteiger partial charge in [-0.25, -0.2) is 4.79 Å². The zero-order chi connectivity index (χ0) is 23.8. The molecule has 0 aliphatic carbocycles. The van der Waals surface area contributed by atoms with Crippen molar-refractivity contribution in [3.8, 4) is 0 Å². The Balaban J connectivity index is 4.80. The predicted octanol–water partition coefficient (Wildman–Crippen LogP) is -1.21. The van der Waals surface area contributed by atoms with E-state index in [1.54, 1.807) is 0 Å². The van der Waals surface area contributed by atoms with Crippen molar-refractivity contribution in [2.24, 2.45) is 23.1 Å². The minimum Gasteiger partial charge on any atom is -0.480 e. The molecule has 0 rings (SSSR count). The lowest BCUT2D eigenvalue weighted by atomic mass is 10.0. The first-order valence-corrected chi connectivity index (χ1v) is 10.9. The molecule has 0 saturated carbocycles. The molecule has 0 aromatic carbocycles. The molecule has 31 heavy (non-hydrogen) atoms. The highest BCUT2D eigenvalue weighted by atomic mass is 16.4. The van der Waals surface area contributed by atoms with Gasteiger partial charge in [0.25, 0.3) is 0 Å². The molecule has 0 aromatic heterocycles. The van der Waals surface area contributed by atoms with Crippen LogP contribution in [0.15, 0.2) is 0 Å². The Kier molecular flexibility index (Phi) is 15.3. The summed E-state index contributed by atoms with van der Waals surface area (Å²) < 4.78 is 0. The highest BCUT2D eigenvalue weighted by molar-refractivity contribution is 5.92. The summed E-state index contributed by atoms with van der Waals surface area (Å²) in [6, 6.07) is -2.65. The summed E-state index contributed by atoms with van der Waals surface area (Å²) in [5, 5.41) is 16.7. The maximum absolute atomic E-state index is 12.5. The second-order valence-electron chi connectivity index (χ2n) is 8.04. The van der Waals surface area contributed by atoms with Crippen LogP contribution in [0.5, 0.6) is 0 Å². The average Bonchev–Trinajstić information content (AvgIpc) is 2.70. The molecule has 0 radical (unpaired) electrons. The molecule has 180 valence electrons. The van der Waals surface area contributed by atoms with E-state index in [4.69, 9.17) is 17.2 Å². The van der Waals surface area contributed by atoms with Crippen LogP contribution in [0.4, 0.5) is 0 Å². The van der Waals surface area contributed by atoms with E-state index < -0.39 is 48.4 Å². The van der Waals surface area contributed by atoms with E-state index >= 15 is 0 Å². The Labute approximate surface area is 184 Å². The van der Waals surface area contributed by atoms with E-state index in [1.807, 2.05) is 13.8 Å². The number of nitrogens with two attached hydrogens (primary N) is 3. The van der Waals surface area contributed by atoms with Gasteiger partial charge in [-0.15, -0.1) is 0 Å². The van der Waals surface area contributed by atoms with E-state index in [1.165, 1.54) is 0 Å². The number of carboxylic acids is 1. The highest BCUT2D eigenvalue weighted by Crippen LogP contribution is 2.05. The highest BCUT2D eigenvalue weighted by Gasteiger charge is 2.25. The van der Waals surface area contributed by atoms with Crippen molar-refractivity contribution < 1.29 is 24.3 Å². The molecule has 11 heteroatoms. The smallest absolute Gasteiger partial charge is 0.326 e. The van der Waals surface area contributed by atoms with Gasteiger partial charge in [-0.05, 0) is 57.5 Å². The Morgan fingerprint density at radius 2 is 1.42 bits per heavy atom. The molecule has 0 aromatic rings. The van der Waals surface area contributed by atoms with Gasteiger partial charge < -0.3 is 38.3 Å². The number of carbonyl (C=O) groups excluding carboxylic acids is 3. The van der Waals surface area contributed by atoms with E-state index in [-0.39, 0.29) is 12.3 Å². The summed E-state index contributed by atoms with van der Waals surface area (Å²) in [7, 11) is 0. The van der Waals surface area contributed by atoms with Crippen LogP contribution in [-0.4, -0.2) is 66.6 Å². The van der Waals surface area contributed by atoms with Crippen molar-refractivity contribution in [3.63, 3.8) is 0 Å². The van der Waals surface area contributed by atoms with Crippen molar-refractivity contribution >= 4 is 23.7 Å². The van der Waals surface area contributed by atoms with Crippen molar-refractivity contribution in [1.29, 1.82) is 0 Å². The first-order valence-electron chi connectivity index (χ1n) is 10.9. The summed E-state index contributed by atoms with van der Waals surface area (Å²) in [6.45, 7) is 4.27. The van der Waals surface area contributed by atoms with Gasteiger partial charge >= 0.3 is 5.97 Å². The van der Waals surface area contributed by atoms with Crippen LogP contribution in [0.25, 0.3) is 0 Å². The number of carboxylic acid groups (broad SMARTS) is 1. The van der Waals surface area contributed by atoms with Gasteiger partial charge in [-0.2, -0.15) is 0 Å². The first kappa shape index (κ1) is 28.8. The maximum Gasteiger partial charge on any atom is 0.326 e. The van der Waals surface area contributed by atoms with Gasteiger partial charge in [0.2, 0.25) is 17.7 Å². The molecule has 0 aliphatic heterocycles. The third kappa shape index (κ3) is 13.6. The molecule has 0 aliphatic rings. The lowest BCUT2D eigenvalue weighted by molar-refractivity contribution is -0.142. The second-order valence-corrected chi connectivity index (χ2v) is 8.04. The number of amides is 3. The topological polar surface area (TPSA) is 203 Å². The zero-order valence-corrected chi connectivity index (χ0v) is 18.7. The van der Waals surface area contributed by atoms with E-state index in [0.717, 1.165) is 6.42 Å². The van der Waals surface area contributed by atoms with Gasteiger partial charge in [0.15, 0.2) is 0 Å². The Hall–Kier alpha value is -2.24. The minimum atomic E-state index is -1.14. The third-order valence-electron chi connectivity index (χ3n) is 4.65. The number of rotatable bonds is 17. The van der Waals surface area contributed by atoms with Crippen molar-refractivity contribution in [2.45, 2.75) is 76.9 Å². The Morgan fingerprint density at radius 3 is 1.94 bits per heavy atom. The van der Waals surface area contributed by atoms with Gasteiger partial charge in [0.1, 0.15) is 12.1 Å². The largest absolute Gasteiger partial charge is 0.480 e. The normalized spacial score (nSPS) is 13.9. The third-order valence-corrected chi connectivity index (χ3v) is 4.65. The summed E-state index contributed by atoms with van der Waals surface area (Å²) in [5.74, 6) is -2.66. The number of nitrogens with one attached hydrogen (secondary N) is 3. The Bertz CT molecular complexity index is 572.